The number of nitrogens with zero attached hydrogens (tertiary/aromatic N) is 1. The van der Waals surface area contributed by atoms with E-state index >= 15 is 0 Å². The number of sulfonamides is 1. The average molecular weight is 340 g/mol. The van der Waals surface area contributed by atoms with Crippen LogP contribution in [0.2, 0.25) is 0 Å². The van der Waals surface area contributed by atoms with E-state index in [-0.39, 0.29) is 36.9 Å². The standard InChI is InChI=1S/C15H20N2O5S/c1-2-11-3-5-13(6-4-11)23(21,22)16-7-8-17-10-12(15(19)20)9-14(17)18/h3-6,12,16H,2,7-10H2,1H3,(H,19,20). The average Bonchev–Trinajstić information content (AvgIpc) is 2.89. The number of carboxylic acids is 1. The van der Waals surface area contributed by atoms with Crippen molar-refractivity contribution in [3.63, 3.8) is 0 Å². The first-order valence-corrected chi connectivity index (χ1v) is 8.91. The molecule has 0 saturated carbocycles. The lowest BCUT2D eigenvalue weighted by atomic mass is 10.1. The molecule has 0 aliphatic carbocycles. The van der Waals surface area contributed by atoms with Gasteiger partial charge in [0.25, 0.3) is 0 Å². The molecule has 1 aliphatic rings. The number of nitrogens with one attached hydrogen (secondary N) is 1. The van der Waals surface area contributed by atoms with Crippen LogP contribution in [0.25, 0.3) is 0 Å². The van der Waals surface area contributed by atoms with Crippen LogP contribution in [0.4, 0.5) is 0 Å². The highest BCUT2D eigenvalue weighted by atomic mass is 32.2. The van der Waals surface area contributed by atoms with Crippen molar-refractivity contribution in [1.29, 1.82) is 0 Å². The molecule has 1 heterocycles. The van der Waals surface area contributed by atoms with Crippen LogP contribution in [0.1, 0.15) is 18.9 Å². The molecule has 8 heteroatoms. The number of amides is 1. The van der Waals surface area contributed by atoms with Gasteiger partial charge in [-0.15, -0.1) is 0 Å². The van der Waals surface area contributed by atoms with Crippen molar-refractivity contribution in [3.05, 3.63) is 29.8 Å². The lowest BCUT2D eigenvalue weighted by Gasteiger charge is -2.16. The number of carbonyl (C=O) groups is 2. The van der Waals surface area contributed by atoms with Crippen molar-refractivity contribution >= 4 is 21.9 Å². The second kappa shape index (κ2) is 7.10. The zero-order chi connectivity index (χ0) is 17.0. The van der Waals surface area contributed by atoms with Crippen molar-refractivity contribution in [2.24, 2.45) is 5.92 Å². The quantitative estimate of drug-likeness (QED) is 0.750. The van der Waals surface area contributed by atoms with Gasteiger partial charge >= 0.3 is 5.97 Å². The van der Waals surface area contributed by atoms with Crippen molar-refractivity contribution < 1.29 is 23.1 Å². The molecule has 23 heavy (non-hydrogen) atoms. The van der Waals surface area contributed by atoms with Crippen LogP contribution < -0.4 is 4.72 Å². The summed E-state index contributed by atoms with van der Waals surface area (Å²) in [6.45, 7) is 2.32. The monoisotopic (exact) mass is 340 g/mol. The Labute approximate surface area is 135 Å². The van der Waals surface area contributed by atoms with Gasteiger partial charge in [0.05, 0.1) is 10.8 Å². The van der Waals surface area contributed by atoms with Crippen molar-refractivity contribution in [2.75, 3.05) is 19.6 Å². The zero-order valence-corrected chi connectivity index (χ0v) is 13.7. The summed E-state index contributed by atoms with van der Waals surface area (Å²) < 4.78 is 26.7. The van der Waals surface area contributed by atoms with E-state index in [9.17, 15) is 18.0 Å². The number of aryl methyl sites for hydroxylation is 1. The summed E-state index contributed by atoms with van der Waals surface area (Å²) in [7, 11) is -3.63. The summed E-state index contributed by atoms with van der Waals surface area (Å²) in [5.41, 5.74) is 1.05. The van der Waals surface area contributed by atoms with Gasteiger partial charge in [0.15, 0.2) is 0 Å². The van der Waals surface area contributed by atoms with E-state index in [2.05, 4.69) is 4.72 Å². The third-order valence-electron chi connectivity index (χ3n) is 3.88. The molecule has 1 unspecified atom stereocenters. The highest BCUT2D eigenvalue weighted by molar-refractivity contribution is 7.89. The van der Waals surface area contributed by atoms with Crippen LogP contribution in [-0.2, 0) is 26.0 Å². The van der Waals surface area contributed by atoms with Crippen LogP contribution >= 0.6 is 0 Å². The van der Waals surface area contributed by atoms with Gasteiger partial charge in [0.2, 0.25) is 15.9 Å². The molecule has 1 saturated heterocycles. The first-order chi connectivity index (χ1) is 10.8. The van der Waals surface area contributed by atoms with E-state index in [1.54, 1.807) is 24.3 Å². The minimum Gasteiger partial charge on any atom is -0.481 e. The lowest BCUT2D eigenvalue weighted by Crippen LogP contribution is -2.36. The predicted octanol–water partition coefficient (Wildman–Crippen LogP) is 0.460. The lowest BCUT2D eigenvalue weighted by molar-refractivity contribution is -0.141. The summed E-state index contributed by atoms with van der Waals surface area (Å²) in [5.74, 6) is -1.97. The molecular weight excluding hydrogens is 320 g/mol. The number of likely N-dealkylation sites (tertiary alicyclic amines) is 1. The van der Waals surface area contributed by atoms with E-state index in [1.807, 2.05) is 6.92 Å². The molecule has 2 rings (SSSR count). The summed E-state index contributed by atoms with van der Waals surface area (Å²) in [6.07, 6.45) is 0.802. The number of carbonyl (C=O) groups excluding carboxylic acids is 1. The Bertz CT molecular complexity index is 684. The van der Waals surface area contributed by atoms with Crippen LogP contribution in [0.15, 0.2) is 29.2 Å². The van der Waals surface area contributed by atoms with Gasteiger partial charge in [-0.2, -0.15) is 0 Å². The predicted molar refractivity (Wildman–Crippen MR) is 83.3 cm³/mol. The largest absolute Gasteiger partial charge is 0.481 e. The highest BCUT2D eigenvalue weighted by Gasteiger charge is 2.33. The Balaban J connectivity index is 1.90. The third-order valence-corrected chi connectivity index (χ3v) is 5.36. The molecule has 1 aliphatic heterocycles. The van der Waals surface area contributed by atoms with Gasteiger partial charge in [-0.3, -0.25) is 9.59 Å². The molecule has 1 atom stereocenters. The minimum absolute atomic E-state index is 0.0272. The number of hydrogen-bond donors (Lipinski definition) is 2. The molecule has 0 bridgehead atoms. The topological polar surface area (TPSA) is 104 Å². The van der Waals surface area contributed by atoms with E-state index in [0.29, 0.717) is 0 Å². The van der Waals surface area contributed by atoms with Gasteiger partial charge in [-0.1, -0.05) is 19.1 Å². The Hall–Kier alpha value is -1.93. The van der Waals surface area contributed by atoms with Crippen LogP contribution in [0.3, 0.4) is 0 Å². The van der Waals surface area contributed by atoms with Gasteiger partial charge in [-0.05, 0) is 24.1 Å². The first kappa shape index (κ1) is 17.4. The maximum atomic E-state index is 12.2. The van der Waals surface area contributed by atoms with Gasteiger partial charge in [-0.25, -0.2) is 13.1 Å². The molecule has 7 nitrogen and oxygen atoms in total. The molecule has 1 fully saturated rings. The van der Waals surface area contributed by atoms with Crippen molar-refractivity contribution in [2.45, 2.75) is 24.7 Å². The van der Waals surface area contributed by atoms with Crippen LogP contribution in [-0.4, -0.2) is 49.9 Å². The molecule has 0 radical (unpaired) electrons. The summed E-state index contributed by atoms with van der Waals surface area (Å²) in [4.78, 5) is 24.1. The maximum absolute atomic E-state index is 12.2. The number of hydrogen-bond acceptors (Lipinski definition) is 4. The van der Waals surface area contributed by atoms with E-state index in [4.69, 9.17) is 5.11 Å². The fourth-order valence-corrected chi connectivity index (χ4v) is 3.48. The summed E-state index contributed by atoms with van der Waals surface area (Å²) in [5, 5.41) is 8.90. The molecular formula is C15H20N2O5S. The molecule has 0 spiro atoms. The zero-order valence-electron chi connectivity index (χ0n) is 12.9. The summed E-state index contributed by atoms with van der Waals surface area (Å²) >= 11 is 0. The maximum Gasteiger partial charge on any atom is 0.308 e. The Morgan fingerprint density at radius 2 is 2.00 bits per heavy atom. The van der Waals surface area contributed by atoms with Gasteiger partial charge in [0, 0.05) is 26.1 Å². The molecule has 2 N–H and O–H groups in total. The Morgan fingerprint density at radius 1 is 1.35 bits per heavy atom. The molecule has 1 amide bonds. The fraction of sp³-hybridized carbons (Fsp3) is 0.467. The molecule has 1 aromatic carbocycles. The number of aliphatic carboxylic acids is 1. The second-order valence-corrected chi connectivity index (χ2v) is 7.24. The van der Waals surface area contributed by atoms with E-state index in [0.717, 1.165) is 12.0 Å². The Morgan fingerprint density at radius 3 is 2.52 bits per heavy atom. The highest BCUT2D eigenvalue weighted by Crippen LogP contribution is 2.17. The first-order valence-electron chi connectivity index (χ1n) is 7.42. The molecule has 1 aromatic rings. The number of carboxylic acid groups (broad SMARTS) is 1. The van der Waals surface area contributed by atoms with E-state index in [1.165, 1.54) is 4.90 Å². The number of benzene rings is 1. The fourth-order valence-electron chi connectivity index (χ4n) is 2.46. The number of rotatable bonds is 7. The SMILES string of the molecule is CCc1ccc(S(=O)(=O)NCCN2CC(C(=O)O)CC2=O)cc1. The summed E-state index contributed by atoms with van der Waals surface area (Å²) in [6, 6.07) is 6.61. The van der Waals surface area contributed by atoms with Crippen LogP contribution in [0, 0.1) is 5.92 Å². The van der Waals surface area contributed by atoms with E-state index < -0.39 is 21.9 Å². The minimum atomic E-state index is -3.63. The van der Waals surface area contributed by atoms with Gasteiger partial charge in [0.1, 0.15) is 0 Å². The van der Waals surface area contributed by atoms with Crippen molar-refractivity contribution in [3.8, 4) is 0 Å². The normalized spacial score (nSPS) is 18.4. The van der Waals surface area contributed by atoms with Crippen molar-refractivity contribution in [1.82, 2.24) is 9.62 Å². The second-order valence-electron chi connectivity index (χ2n) is 5.47. The smallest absolute Gasteiger partial charge is 0.308 e. The third kappa shape index (κ3) is 4.29. The molecule has 126 valence electrons. The molecule has 0 aromatic heterocycles. The van der Waals surface area contributed by atoms with Crippen LogP contribution in [0.5, 0.6) is 0 Å². The van der Waals surface area contributed by atoms with Gasteiger partial charge < -0.3 is 10.0 Å². The Kier molecular flexibility index (Phi) is 5.38.